The van der Waals surface area contributed by atoms with Crippen molar-refractivity contribution in [3.05, 3.63) is 11.6 Å². The summed E-state index contributed by atoms with van der Waals surface area (Å²) in [6, 6.07) is 0. The molecule has 4 rings (SSSR count). The van der Waals surface area contributed by atoms with Gasteiger partial charge >= 0.3 is 0 Å². The normalized spacial score (nSPS) is 40.3. The van der Waals surface area contributed by atoms with Crippen LogP contribution in [0.15, 0.2) is 11.6 Å². The van der Waals surface area contributed by atoms with E-state index in [0.717, 1.165) is 44.4 Å². The summed E-state index contributed by atoms with van der Waals surface area (Å²) in [4.78, 5) is 28.6. The van der Waals surface area contributed by atoms with Gasteiger partial charge in [0, 0.05) is 42.9 Å². The molecule has 32 heavy (non-hydrogen) atoms. The van der Waals surface area contributed by atoms with E-state index in [9.17, 15) is 9.59 Å². The number of piperazine rings is 1. The van der Waals surface area contributed by atoms with Gasteiger partial charge in [-0.05, 0) is 67.6 Å². The summed E-state index contributed by atoms with van der Waals surface area (Å²) in [7, 11) is 0. The molecule has 1 aliphatic heterocycles. The number of ketones is 1. The van der Waals surface area contributed by atoms with E-state index in [0.29, 0.717) is 27.6 Å². The molecule has 4 aliphatic rings. The summed E-state index contributed by atoms with van der Waals surface area (Å²) in [6.45, 7) is 12.9. The van der Waals surface area contributed by atoms with Crippen LogP contribution in [0.2, 0.25) is 0 Å². The summed E-state index contributed by atoms with van der Waals surface area (Å²) in [5, 5.41) is 0. The minimum atomic E-state index is 0.148. The van der Waals surface area contributed by atoms with Gasteiger partial charge in [0.15, 0.2) is 0 Å². The zero-order valence-corrected chi connectivity index (χ0v) is 22.9. The van der Waals surface area contributed by atoms with Crippen LogP contribution in [0.3, 0.4) is 0 Å². The van der Waals surface area contributed by atoms with Gasteiger partial charge in [-0.15, -0.1) is 0 Å². The van der Waals surface area contributed by atoms with Gasteiger partial charge in [-0.25, -0.2) is 0 Å². The molecule has 0 N–H and O–H groups in total. The van der Waals surface area contributed by atoms with Crippen molar-refractivity contribution >= 4 is 34.3 Å². The number of carbonyl (C=O) groups is 2. The van der Waals surface area contributed by atoms with E-state index < -0.39 is 0 Å². The number of allylic oxidation sites excluding steroid dienone is 2. The molecule has 0 aromatic heterocycles. The van der Waals surface area contributed by atoms with Crippen molar-refractivity contribution in [2.24, 2.45) is 22.7 Å². The van der Waals surface area contributed by atoms with Gasteiger partial charge in [-0.1, -0.05) is 61.4 Å². The number of hydrogen-bond acceptors (Lipinski definition) is 3. The van der Waals surface area contributed by atoms with Crippen LogP contribution in [-0.2, 0) is 9.59 Å². The van der Waals surface area contributed by atoms with Gasteiger partial charge in [0.05, 0.1) is 6.54 Å². The first-order valence-corrected chi connectivity index (χ1v) is 14.0. The van der Waals surface area contributed by atoms with Crippen LogP contribution in [-0.4, -0.2) is 57.6 Å². The standard InChI is InChI=1S/C27H43IN2O2/c1-20(31)30-16-14-29(15-17-30)19-22(32)8-12-25(2)10-5-11-27(4)23-9-13-26(3,28)18-21(23)6-7-24(25)27/h9,21,24H,5-8,10-19H2,1-4H3/t21?,24?,25-,26-,27-/m0/s1. The lowest BCUT2D eigenvalue weighted by atomic mass is 9.46. The molecular weight excluding hydrogens is 511 g/mol. The number of nitrogens with zero attached hydrogens (tertiary/aromatic N) is 2. The lowest BCUT2D eigenvalue weighted by Crippen LogP contribution is -2.51. The lowest BCUT2D eigenvalue weighted by Gasteiger charge is -2.59. The average Bonchev–Trinajstić information content (AvgIpc) is 2.71. The molecule has 0 radical (unpaired) electrons. The zero-order chi connectivity index (χ0) is 23.1. The molecule has 5 heteroatoms. The van der Waals surface area contributed by atoms with Crippen LogP contribution in [0.25, 0.3) is 0 Å². The Kier molecular flexibility index (Phi) is 7.19. The topological polar surface area (TPSA) is 40.6 Å². The Hall–Kier alpha value is -0.430. The molecule has 1 saturated heterocycles. The van der Waals surface area contributed by atoms with Gasteiger partial charge in [-0.3, -0.25) is 14.5 Å². The largest absolute Gasteiger partial charge is 0.340 e. The lowest BCUT2D eigenvalue weighted by molar-refractivity contribution is -0.130. The highest BCUT2D eigenvalue weighted by molar-refractivity contribution is 14.1. The third-order valence-electron chi connectivity index (χ3n) is 9.57. The van der Waals surface area contributed by atoms with E-state index in [-0.39, 0.29) is 11.3 Å². The Balaban J connectivity index is 1.36. The fourth-order valence-electron chi connectivity index (χ4n) is 7.78. The highest BCUT2D eigenvalue weighted by Crippen LogP contribution is 2.64. The molecule has 1 heterocycles. The van der Waals surface area contributed by atoms with Gasteiger partial charge in [-0.2, -0.15) is 0 Å². The van der Waals surface area contributed by atoms with Crippen molar-refractivity contribution < 1.29 is 9.59 Å². The predicted octanol–water partition coefficient (Wildman–Crippen LogP) is 5.64. The highest BCUT2D eigenvalue weighted by Gasteiger charge is 2.54. The fourth-order valence-corrected chi connectivity index (χ4v) is 8.54. The number of fused-ring (bicyclic) bond motifs is 3. The highest BCUT2D eigenvalue weighted by atomic mass is 127. The first-order chi connectivity index (χ1) is 15.0. The first-order valence-electron chi connectivity index (χ1n) is 12.9. The smallest absolute Gasteiger partial charge is 0.219 e. The second-order valence-corrected chi connectivity index (χ2v) is 14.7. The van der Waals surface area contributed by atoms with Gasteiger partial charge in [0.2, 0.25) is 5.91 Å². The van der Waals surface area contributed by atoms with Gasteiger partial charge in [0.25, 0.3) is 0 Å². The monoisotopic (exact) mass is 554 g/mol. The van der Waals surface area contributed by atoms with E-state index in [2.05, 4.69) is 54.3 Å². The third kappa shape index (κ3) is 4.99. The van der Waals surface area contributed by atoms with Crippen molar-refractivity contribution in [1.82, 2.24) is 9.80 Å². The van der Waals surface area contributed by atoms with Crippen molar-refractivity contribution in [2.45, 2.75) is 88.9 Å². The third-order valence-corrected chi connectivity index (χ3v) is 10.5. The molecule has 3 aliphatic carbocycles. The molecule has 0 aromatic rings. The van der Waals surface area contributed by atoms with Crippen molar-refractivity contribution in [3.63, 3.8) is 0 Å². The summed E-state index contributed by atoms with van der Waals surface area (Å²) in [6.07, 6.45) is 13.5. The molecule has 5 atom stereocenters. The second-order valence-electron chi connectivity index (χ2n) is 12.1. The van der Waals surface area contributed by atoms with Crippen LogP contribution in [0, 0.1) is 22.7 Å². The molecule has 3 fully saturated rings. The zero-order valence-electron chi connectivity index (χ0n) is 20.7. The molecule has 2 unspecified atom stereocenters. The molecule has 4 nitrogen and oxygen atoms in total. The van der Waals surface area contributed by atoms with Crippen molar-refractivity contribution in [2.75, 3.05) is 32.7 Å². The summed E-state index contributed by atoms with van der Waals surface area (Å²) < 4.78 is 0.426. The van der Waals surface area contributed by atoms with Crippen LogP contribution < -0.4 is 0 Å². The van der Waals surface area contributed by atoms with Crippen LogP contribution in [0.1, 0.15) is 85.5 Å². The summed E-state index contributed by atoms with van der Waals surface area (Å²) in [5.74, 6) is 2.04. The number of hydrogen-bond donors (Lipinski definition) is 0. The molecule has 1 amide bonds. The van der Waals surface area contributed by atoms with Crippen molar-refractivity contribution in [3.8, 4) is 0 Å². The van der Waals surface area contributed by atoms with Gasteiger partial charge in [0.1, 0.15) is 5.78 Å². The maximum absolute atomic E-state index is 12.9. The molecule has 180 valence electrons. The maximum atomic E-state index is 12.9. The summed E-state index contributed by atoms with van der Waals surface area (Å²) >= 11 is 2.68. The minimum absolute atomic E-state index is 0.148. The van der Waals surface area contributed by atoms with Crippen molar-refractivity contribution in [1.29, 1.82) is 0 Å². The predicted molar refractivity (Wildman–Crippen MR) is 139 cm³/mol. The summed E-state index contributed by atoms with van der Waals surface area (Å²) in [5.41, 5.74) is 2.41. The van der Waals surface area contributed by atoms with Gasteiger partial charge < -0.3 is 4.90 Å². The average molecular weight is 555 g/mol. The van der Waals surface area contributed by atoms with E-state index in [4.69, 9.17) is 0 Å². The van der Waals surface area contributed by atoms with E-state index in [1.54, 1.807) is 12.5 Å². The number of amides is 1. The Morgan fingerprint density at radius 3 is 2.50 bits per heavy atom. The number of alkyl halides is 1. The van der Waals surface area contributed by atoms with E-state index in [1.165, 1.54) is 44.9 Å². The second kappa shape index (κ2) is 9.31. The molecule has 0 aromatic carbocycles. The van der Waals surface area contributed by atoms with E-state index >= 15 is 0 Å². The number of rotatable bonds is 5. The number of halogens is 1. The Morgan fingerprint density at radius 1 is 1.09 bits per heavy atom. The Bertz CT molecular complexity index is 770. The maximum Gasteiger partial charge on any atom is 0.219 e. The quantitative estimate of drug-likeness (QED) is 0.251. The Labute approximate surface area is 209 Å². The molecule has 0 spiro atoms. The van der Waals surface area contributed by atoms with Crippen LogP contribution in [0.5, 0.6) is 0 Å². The first kappa shape index (κ1) is 24.7. The number of Topliss-reactive ketones (excluding diaryl/α,β-unsaturated/α-hetero) is 1. The van der Waals surface area contributed by atoms with Crippen LogP contribution >= 0.6 is 22.6 Å². The fraction of sp³-hybridized carbons (Fsp3) is 0.852. The minimum Gasteiger partial charge on any atom is -0.340 e. The van der Waals surface area contributed by atoms with Crippen LogP contribution in [0.4, 0.5) is 0 Å². The number of carbonyl (C=O) groups excluding carboxylic acids is 2. The molecule has 0 bridgehead atoms. The van der Waals surface area contributed by atoms with E-state index in [1.807, 2.05) is 4.90 Å². The SMILES string of the molecule is CC(=O)N1CCN(CC(=O)CC[C@]2(C)CCC[C@@]3(C)C4=CC[C@](C)(I)CC4CCC23)CC1. The Morgan fingerprint density at radius 2 is 1.81 bits per heavy atom. The molecule has 2 saturated carbocycles. The molecular formula is C27H43IN2O2.